The van der Waals surface area contributed by atoms with E-state index >= 15 is 0 Å². The van der Waals surface area contributed by atoms with Gasteiger partial charge in [0.15, 0.2) is 0 Å². The highest BCUT2D eigenvalue weighted by atomic mass is 35.5. The Kier molecular flexibility index (Phi) is 5.13. The lowest BCUT2D eigenvalue weighted by molar-refractivity contribution is 0.404. The first-order chi connectivity index (χ1) is 7.23. The zero-order valence-electron chi connectivity index (χ0n) is 9.59. The third-order valence-corrected chi connectivity index (χ3v) is 3.26. The average Bonchev–Trinajstić information content (AvgIpc) is 2.30. The van der Waals surface area contributed by atoms with Gasteiger partial charge in [-0.2, -0.15) is 0 Å². The molecule has 0 bridgehead atoms. The molecule has 0 saturated heterocycles. The molecule has 84 valence electrons. The summed E-state index contributed by atoms with van der Waals surface area (Å²) in [4.78, 5) is 0. The maximum Gasteiger partial charge on any atom is 0.0543 e. The van der Waals surface area contributed by atoms with E-state index in [1.807, 2.05) is 6.07 Å². The molecule has 1 atom stereocenters. The summed E-state index contributed by atoms with van der Waals surface area (Å²) in [6.45, 7) is 5.38. The first-order valence-corrected chi connectivity index (χ1v) is 6.13. The van der Waals surface area contributed by atoms with Gasteiger partial charge in [-0.15, -0.1) is 11.6 Å². The standard InChI is InChI=1S/C13H20ClN/c1-3-4-10-15-13(2,11-14)12-8-6-5-7-9-12/h5-9,15H,3-4,10-11H2,1-2H3. The van der Waals surface area contributed by atoms with E-state index in [-0.39, 0.29) is 5.54 Å². The molecule has 0 fully saturated rings. The second-order valence-corrected chi connectivity index (χ2v) is 4.38. The van der Waals surface area contributed by atoms with Gasteiger partial charge < -0.3 is 5.32 Å². The number of halogens is 1. The molecule has 15 heavy (non-hydrogen) atoms. The van der Waals surface area contributed by atoms with Gasteiger partial charge in [0, 0.05) is 5.88 Å². The van der Waals surface area contributed by atoms with Crippen LogP contribution in [0.1, 0.15) is 32.3 Å². The largest absolute Gasteiger partial charge is 0.307 e. The van der Waals surface area contributed by atoms with Crippen molar-refractivity contribution >= 4 is 11.6 Å². The Balaban J connectivity index is 2.67. The van der Waals surface area contributed by atoms with E-state index in [1.165, 1.54) is 18.4 Å². The number of rotatable bonds is 6. The van der Waals surface area contributed by atoms with Crippen LogP contribution in [0.25, 0.3) is 0 Å². The third-order valence-electron chi connectivity index (χ3n) is 2.72. The molecule has 0 aliphatic carbocycles. The monoisotopic (exact) mass is 225 g/mol. The Hall–Kier alpha value is -0.530. The summed E-state index contributed by atoms with van der Waals surface area (Å²) >= 11 is 6.06. The van der Waals surface area contributed by atoms with Crippen molar-refractivity contribution in [2.45, 2.75) is 32.2 Å². The number of nitrogens with one attached hydrogen (secondary N) is 1. The van der Waals surface area contributed by atoms with Crippen molar-refractivity contribution in [3.05, 3.63) is 35.9 Å². The molecule has 1 aromatic carbocycles. The highest BCUT2D eigenvalue weighted by Gasteiger charge is 2.23. The van der Waals surface area contributed by atoms with Gasteiger partial charge in [-0.1, -0.05) is 43.7 Å². The van der Waals surface area contributed by atoms with Crippen LogP contribution in [-0.2, 0) is 5.54 Å². The van der Waals surface area contributed by atoms with E-state index in [0.717, 1.165) is 6.54 Å². The second kappa shape index (κ2) is 6.14. The van der Waals surface area contributed by atoms with Crippen molar-refractivity contribution in [2.75, 3.05) is 12.4 Å². The van der Waals surface area contributed by atoms with Crippen LogP contribution in [0.2, 0.25) is 0 Å². The lowest BCUT2D eigenvalue weighted by Gasteiger charge is -2.29. The number of hydrogen-bond donors (Lipinski definition) is 1. The smallest absolute Gasteiger partial charge is 0.0543 e. The molecular formula is C13H20ClN. The van der Waals surface area contributed by atoms with Gasteiger partial charge in [0.05, 0.1) is 5.54 Å². The SMILES string of the molecule is CCCCNC(C)(CCl)c1ccccc1. The lowest BCUT2D eigenvalue weighted by Crippen LogP contribution is -2.41. The molecule has 0 spiro atoms. The molecule has 0 saturated carbocycles. The highest BCUT2D eigenvalue weighted by Crippen LogP contribution is 2.21. The molecule has 0 radical (unpaired) electrons. The van der Waals surface area contributed by atoms with E-state index < -0.39 is 0 Å². The van der Waals surface area contributed by atoms with Crippen molar-refractivity contribution in [1.82, 2.24) is 5.32 Å². The van der Waals surface area contributed by atoms with Gasteiger partial charge >= 0.3 is 0 Å². The quantitative estimate of drug-likeness (QED) is 0.577. The molecule has 1 unspecified atom stereocenters. The van der Waals surface area contributed by atoms with Gasteiger partial charge in [-0.05, 0) is 25.5 Å². The summed E-state index contributed by atoms with van der Waals surface area (Å²) in [5.74, 6) is 0.598. The van der Waals surface area contributed by atoms with Crippen LogP contribution >= 0.6 is 11.6 Å². The Morgan fingerprint density at radius 2 is 1.93 bits per heavy atom. The van der Waals surface area contributed by atoms with Crippen molar-refractivity contribution in [3.8, 4) is 0 Å². The minimum absolute atomic E-state index is 0.0992. The Bertz CT molecular complexity index is 273. The minimum atomic E-state index is -0.0992. The molecule has 1 N–H and O–H groups in total. The van der Waals surface area contributed by atoms with E-state index in [9.17, 15) is 0 Å². The maximum atomic E-state index is 6.06. The third kappa shape index (κ3) is 3.51. The lowest BCUT2D eigenvalue weighted by atomic mass is 9.94. The van der Waals surface area contributed by atoms with Crippen molar-refractivity contribution in [2.24, 2.45) is 0 Å². The van der Waals surface area contributed by atoms with Gasteiger partial charge in [0.2, 0.25) is 0 Å². The Morgan fingerprint density at radius 3 is 2.47 bits per heavy atom. The van der Waals surface area contributed by atoms with Crippen molar-refractivity contribution in [3.63, 3.8) is 0 Å². The number of alkyl halides is 1. The predicted octanol–water partition coefficient (Wildman–Crippen LogP) is 3.53. The summed E-state index contributed by atoms with van der Waals surface area (Å²) < 4.78 is 0. The fourth-order valence-corrected chi connectivity index (χ4v) is 1.82. The molecule has 0 aromatic heterocycles. The summed E-state index contributed by atoms with van der Waals surface area (Å²) in [6, 6.07) is 10.4. The van der Waals surface area contributed by atoms with E-state index in [4.69, 9.17) is 11.6 Å². The van der Waals surface area contributed by atoms with E-state index in [2.05, 4.69) is 43.4 Å². The zero-order valence-corrected chi connectivity index (χ0v) is 10.3. The first kappa shape index (κ1) is 12.5. The minimum Gasteiger partial charge on any atom is -0.307 e. The van der Waals surface area contributed by atoms with Crippen LogP contribution in [0.5, 0.6) is 0 Å². The Morgan fingerprint density at radius 1 is 1.27 bits per heavy atom. The molecule has 2 heteroatoms. The summed E-state index contributed by atoms with van der Waals surface area (Å²) in [5.41, 5.74) is 1.16. The highest BCUT2D eigenvalue weighted by molar-refractivity contribution is 6.18. The van der Waals surface area contributed by atoms with Gasteiger partial charge in [0.25, 0.3) is 0 Å². The molecule has 1 aromatic rings. The molecule has 1 nitrogen and oxygen atoms in total. The summed E-state index contributed by atoms with van der Waals surface area (Å²) in [6.07, 6.45) is 2.40. The van der Waals surface area contributed by atoms with Crippen molar-refractivity contribution < 1.29 is 0 Å². The van der Waals surface area contributed by atoms with Crippen LogP contribution in [0, 0.1) is 0 Å². The van der Waals surface area contributed by atoms with Gasteiger partial charge in [-0.3, -0.25) is 0 Å². The summed E-state index contributed by atoms with van der Waals surface area (Å²) in [7, 11) is 0. The van der Waals surface area contributed by atoms with Crippen LogP contribution in [0.15, 0.2) is 30.3 Å². The van der Waals surface area contributed by atoms with E-state index in [1.54, 1.807) is 0 Å². The summed E-state index contributed by atoms with van der Waals surface area (Å²) in [5, 5.41) is 3.53. The first-order valence-electron chi connectivity index (χ1n) is 5.59. The molecule has 0 aliphatic rings. The average molecular weight is 226 g/mol. The van der Waals surface area contributed by atoms with Crippen LogP contribution in [-0.4, -0.2) is 12.4 Å². The number of hydrogen-bond acceptors (Lipinski definition) is 1. The van der Waals surface area contributed by atoms with Gasteiger partial charge in [-0.25, -0.2) is 0 Å². The maximum absolute atomic E-state index is 6.06. The molecular weight excluding hydrogens is 206 g/mol. The van der Waals surface area contributed by atoms with Gasteiger partial charge in [0.1, 0.15) is 0 Å². The fourth-order valence-electron chi connectivity index (χ4n) is 1.57. The second-order valence-electron chi connectivity index (χ2n) is 4.11. The Labute approximate surface area is 97.8 Å². The normalized spacial score (nSPS) is 14.9. The fraction of sp³-hybridized carbons (Fsp3) is 0.538. The topological polar surface area (TPSA) is 12.0 Å². The van der Waals surface area contributed by atoms with Crippen molar-refractivity contribution in [1.29, 1.82) is 0 Å². The number of unbranched alkanes of at least 4 members (excludes halogenated alkanes) is 1. The molecule has 0 aliphatic heterocycles. The number of benzene rings is 1. The van der Waals surface area contributed by atoms with Crippen LogP contribution in [0.3, 0.4) is 0 Å². The predicted molar refractivity (Wildman–Crippen MR) is 67.4 cm³/mol. The molecule has 0 heterocycles. The van der Waals surface area contributed by atoms with E-state index in [0.29, 0.717) is 5.88 Å². The molecule has 0 amide bonds. The van der Waals surface area contributed by atoms with Crippen LogP contribution in [0.4, 0.5) is 0 Å². The zero-order chi connectivity index (χ0) is 11.1. The molecule has 1 rings (SSSR count). The van der Waals surface area contributed by atoms with Crippen LogP contribution < -0.4 is 5.32 Å².